The van der Waals surface area contributed by atoms with Crippen molar-refractivity contribution in [3.05, 3.63) is 87.3 Å². The van der Waals surface area contributed by atoms with Crippen LogP contribution in [0.15, 0.2) is 54.6 Å². The van der Waals surface area contributed by atoms with Gasteiger partial charge in [-0.25, -0.2) is 9.59 Å². The van der Waals surface area contributed by atoms with Crippen LogP contribution in [0.25, 0.3) is 0 Å². The van der Waals surface area contributed by atoms with Crippen LogP contribution in [0.1, 0.15) is 47.1 Å². The first kappa shape index (κ1) is 25.4. The van der Waals surface area contributed by atoms with E-state index in [2.05, 4.69) is 27.1 Å². The number of carbonyl (C=O) groups excluding carboxylic acids is 3. The van der Waals surface area contributed by atoms with E-state index in [0.717, 1.165) is 23.5 Å². The van der Waals surface area contributed by atoms with E-state index in [4.69, 9.17) is 4.74 Å². The summed E-state index contributed by atoms with van der Waals surface area (Å²) in [6.45, 7) is 2.33. The van der Waals surface area contributed by atoms with Gasteiger partial charge in [0.1, 0.15) is 5.00 Å². The van der Waals surface area contributed by atoms with Crippen molar-refractivity contribution in [2.75, 3.05) is 26.1 Å². The Labute approximate surface area is 208 Å². The van der Waals surface area contributed by atoms with Crippen molar-refractivity contribution in [2.45, 2.75) is 19.5 Å². The molecule has 1 aliphatic heterocycles. The molecule has 1 amide bonds. The zero-order valence-electron chi connectivity index (χ0n) is 18.8. The molecular weight excluding hydrogens is 476 g/mol. The van der Waals surface area contributed by atoms with Gasteiger partial charge in [-0.2, -0.15) is 0 Å². The van der Waals surface area contributed by atoms with Gasteiger partial charge in [0.05, 0.1) is 25.3 Å². The topological polar surface area (TPSA) is 84.9 Å². The lowest BCUT2D eigenvalue weighted by Crippen LogP contribution is -2.29. The molecule has 2 aromatic carbocycles. The fourth-order valence-corrected chi connectivity index (χ4v) is 5.16. The van der Waals surface area contributed by atoms with Gasteiger partial charge in [0.15, 0.2) is 0 Å². The quantitative estimate of drug-likeness (QED) is 0.500. The average molecular weight is 501 g/mol. The minimum atomic E-state index is -0.471. The Morgan fingerprint density at radius 1 is 0.941 bits per heavy atom. The number of hydrogen-bond donors (Lipinski definition) is 1. The second-order valence-electron chi connectivity index (χ2n) is 7.67. The molecule has 0 spiro atoms. The highest BCUT2D eigenvalue weighted by atomic mass is 35.5. The van der Waals surface area contributed by atoms with Crippen molar-refractivity contribution in [2.24, 2.45) is 0 Å². The van der Waals surface area contributed by atoms with Crippen LogP contribution in [0.2, 0.25) is 0 Å². The Morgan fingerprint density at radius 3 is 2.24 bits per heavy atom. The van der Waals surface area contributed by atoms with Gasteiger partial charge in [0, 0.05) is 30.1 Å². The maximum Gasteiger partial charge on any atom is 0.341 e. The highest BCUT2D eigenvalue weighted by Crippen LogP contribution is 2.38. The molecule has 0 bridgehead atoms. The van der Waals surface area contributed by atoms with Crippen LogP contribution < -0.4 is 5.32 Å². The number of nitrogens with one attached hydrogen (secondary N) is 1. The molecule has 0 radical (unpaired) electrons. The molecule has 9 heteroatoms. The normalized spacial score (nSPS) is 12.8. The number of anilines is 1. The summed E-state index contributed by atoms with van der Waals surface area (Å²) in [5.74, 6) is -1.29. The summed E-state index contributed by atoms with van der Waals surface area (Å²) >= 11 is 1.41. The molecule has 34 heavy (non-hydrogen) atoms. The van der Waals surface area contributed by atoms with Gasteiger partial charge in [0.2, 0.25) is 0 Å². The van der Waals surface area contributed by atoms with Crippen LogP contribution in [-0.4, -0.2) is 43.5 Å². The van der Waals surface area contributed by atoms with Crippen molar-refractivity contribution in [1.82, 2.24) is 4.90 Å². The van der Waals surface area contributed by atoms with E-state index in [1.165, 1.54) is 43.3 Å². The Bertz CT molecular complexity index is 1180. The molecule has 0 saturated heterocycles. The van der Waals surface area contributed by atoms with E-state index in [-0.39, 0.29) is 18.3 Å². The summed E-state index contributed by atoms with van der Waals surface area (Å²) < 4.78 is 9.70. The average Bonchev–Trinajstić information content (AvgIpc) is 3.20. The van der Waals surface area contributed by atoms with Crippen molar-refractivity contribution in [3.63, 3.8) is 0 Å². The van der Waals surface area contributed by atoms with Gasteiger partial charge in [0.25, 0.3) is 5.91 Å². The van der Waals surface area contributed by atoms with Crippen LogP contribution >= 0.6 is 23.7 Å². The lowest BCUT2D eigenvalue weighted by atomic mass is 10.0. The van der Waals surface area contributed by atoms with E-state index in [0.29, 0.717) is 34.7 Å². The molecule has 1 N–H and O–H groups in total. The molecule has 0 aliphatic carbocycles. The fourth-order valence-electron chi connectivity index (χ4n) is 3.89. The molecule has 0 atom stereocenters. The smallest absolute Gasteiger partial charge is 0.341 e. The first-order chi connectivity index (χ1) is 16.0. The Hall–Kier alpha value is -3.20. The number of benzene rings is 2. The molecular formula is C25H25ClN2O5S. The molecule has 178 valence electrons. The zero-order chi connectivity index (χ0) is 23.4. The van der Waals surface area contributed by atoms with Crippen LogP contribution in [0, 0.1) is 0 Å². The maximum absolute atomic E-state index is 12.9. The Balaban J connectivity index is 0.00000324. The summed E-state index contributed by atoms with van der Waals surface area (Å²) in [6, 6.07) is 16.4. The Morgan fingerprint density at radius 2 is 1.59 bits per heavy atom. The largest absolute Gasteiger partial charge is 0.465 e. The number of nitrogens with zero attached hydrogens (tertiary/aromatic N) is 1. The van der Waals surface area contributed by atoms with Gasteiger partial charge in [-0.3, -0.25) is 9.69 Å². The van der Waals surface area contributed by atoms with E-state index in [1.54, 1.807) is 12.1 Å². The minimum absolute atomic E-state index is 0. The lowest BCUT2D eigenvalue weighted by Gasteiger charge is -2.27. The number of thiophene rings is 1. The molecule has 0 fully saturated rings. The lowest BCUT2D eigenvalue weighted by molar-refractivity contribution is 0.0591. The van der Waals surface area contributed by atoms with E-state index < -0.39 is 11.9 Å². The third-order valence-corrected chi connectivity index (χ3v) is 6.70. The van der Waals surface area contributed by atoms with Crippen molar-refractivity contribution in [1.29, 1.82) is 0 Å². The number of fused-ring (bicyclic) bond motifs is 1. The van der Waals surface area contributed by atoms with Crippen LogP contribution in [0.3, 0.4) is 0 Å². The fraction of sp³-hybridized carbons (Fsp3) is 0.240. The van der Waals surface area contributed by atoms with Gasteiger partial charge < -0.3 is 14.8 Å². The summed E-state index contributed by atoms with van der Waals surface area (Å²) in [6.07, 6.45) is 0.701. The van der Waals surface area contributed by atoms with Crippen LogP contribution in [0.5, 0.6) is 0 Å². The summed E-state index contributed by atoms with van der Waals surface area (Å²) in [5, 5.41) is 3.35. The second-order valence-corrected chi connectivity index (χ2v) is 8.77. The number of hydrogen-bond acceptors (Lipinski definition) is 7. The van der Waals surface area contributed by atoms with Gasteiger partial charge >= 0.3 is 11.9 Å². The molecule has 1 aromatic heterocycles. The SMILES string of the molecule is COC(=O)c1ccc(C(=O)Nc2sc3c(c2C(=O)OC)CCN(Cc2ccccc2)C3)cc1.Cl. The number of rotatable bonds is 6. The van der Waals surface area contributed by atoms with Gasteiger partial charge in [-0.15, -0.1) is 23.7 Å². The standard InChI is InChI=1S/C25H24N2O5S.ClH/c1-31-24(29)18-10-8-17(9-11-18)22(28)26-23-21(25(30)32-2)19-12-13-27(15-20(19)33-23)14-16-6-4-3-5-7-16;/h3-11H,12-15H2,1-2H3,(H,26,28);1H. The van der Waals surface area contributed by atoms with E-state index in [1.807, 2.05) is 18.2 Å². The minimum Gasteiger partial charge on any atom is -0.465 e. The van der Waals surface area contributed by atoms with Crippen molar-refractivity contribution in [3.8, 4) is 0 Å². The number of methoxy groups -OCH3 is 2. The molecule has 3 aromatic rings. The highest BCUT2D eigenvalue weighted by Gasteiger charge is 2.29. The molecule has 7 nitrogen and oxygen atoms in total. The predicted octanol–water partition coefficient (Wildman–Crippen LogP) is 4.55. The number of carbonyl (C=O) groups is 3. The van der Waals surface area contributed by atoms with E-state index in [9.17, 15) is 14.4 Å². The maximum atomic E-state index is 12.9. The van der Waals surface area contributed by atoms with Gasteiger partial charge in [-0.1, -0.05) is 30.3 Å². The number of halogens is 1. The molecule has 4 rings (SSSR count). The van der Waals surface area contributed by atoms with Gasteiger partial charge in [-0.05, 0) is 41.8 Å². The van der Waals surface area contributed by atoms with Crippen LogP contribution in [-0.2, 0) is 29.0 Å². The molecule has 1 aliphatic rings. The summed E-state index contributed by atoms with van der Waals surface area (Å²) in [4.78, 5) is 40.4. The third kappa shape index (κ3) is 5.47. The Kier molecular flexibility index (Phi) is 8.44. The first-order valence-corrected chi connectivity index (χ1v) is 11.3. The third-order valence-electron chi connectivity index (χ3n) is 5.57. The summed E-state index contributed by atoms with van der Waals surface area (Å²) in [7, 11) is 2.64. The number of esters is 2. The molecule has 2 heterocycles. The van der Waals surface area contributed by atoms with E-state index >= 15 is 0 Å². The first-order valence-electron chi connectivity index (χ1n) is 10.5. The van der Waals surface area contributed by atoms with Crippen LogP contribution in [0.4, 0.5) is 5.00 Å². The van der Waals surface area contributed by atoms with Crippen molar-refractivity contribution < 1.29 is 23.9 Å². The predicted molar refractivity (Wildman–Crippen MR) is 133 cm³/mol. The summed E-state index contributed by atoms with van der Waals surface area (Å²) in [5.41, 5.74) is 3.32. The zero-order valence-corrected chi connectivity index (χ0v) is 20.5. The molecule has 0 saturated carbocycles. The number of ether oxygens (including phenoxy) is 2. The molecule has 0 unspecified atom stereocenters. The number of amides is 1. The second kappa shape index (κ2) is 11.3. The highest BCUT2D eigenvalue weighted by molar-refractivity contribution is 7.17. The monoisotopic (exact) mass is 500 g/mol. The van der Waals surface area contributed by atoms with Crippen molar-refractivity contribution >= 4 is 46.6 Å².